The van der Waals surface area contributed by atoms with Gasteiger partial charge < -0.3 is 10.0 Å². The van der Waals surface area contributed by atoms with E-state index in [4.69, 9.17) is 0 Å². The highest BCUT2D eigenvalue weighted by atomic mass is 16.3. The topological polar surface area (TPSA) is 36.4 Å². The van der Waals surface area contributed by atoms with E-state index < -0.39 is 0 Å². The molecule has 19 heavy (non-hydrogen) atoms. The first-order valence-electron chi connectivity index (χ1n) is 7.32. The molecule has 2 heterocycles. The van der Waals surface area contributed by atoms with Gasteiger partial charge in [-0.3, -0.25) is 0 Å². The Bertz CT molecular complexity index is 448. The molecule has 3 nitrogen and oxygen atoms in total. The number of pyridine rings is 1. The summed E-state index contributed by atoms with van der Waals surface area (Å²) < 4.78 is 0. The highest BCUT2D eigenvalue weighted by Crippen LogP contribution is 2.36. The van der Waals surface area contributed by atoms with E-state index in [2.05, 4.69) is 36.7 Å². The van der Waals surface area contributed by atoms with Crippen LogP contribution in [0.3, 0.4) is 0 Å². The summed E-state index contributed by atoms with van der Waals surface area (Å²) in [5.74, 6) is 0.998. The fourth-order valence-electron chi connectivity index (χ4n) is 2.91. The number of hydrogen-bond acceptors (Lipinski definition) is 3. The zero-order chi connectivity index (χ0) is 14.0. The van der Waals surface area contributed by atoms with E-state index in [1.54, 1.807) is 0 Å². The molecule has 0 aromatic carbocycles. The Morgan fingerprint density at radius 2 is 1.95 bits per heavy atom. The maximum absolute atomic E-state index is 9.60. The molecule has 1 fully saturated rings. The maximum atomic E-state index is 9.60. The molecule has 1 aromatic heterocycles. The van der Waals surface area contributed by atoms with E-state index >= 15 is 0 Å². The van der Waals surface area contributed by atoms with Crippen molar-refractivity contribution >= 4 is 5.82 Å². The summed E-state index contributed by atoms with van der Waals surface area (Å²) in [6, 6.07) is 2.05. The molecule has 2 rings (SSSR count). The molecule has 3 heteroatoms. The minimum absolute atomic E-state index is 0.0794. The highest BCUT2D eigenvalue weighted by molar-refractivity contribution is 5.51. The molecule has 0 radical (unpaired) electrons. The lowest BCUT2D eigenvalue weighted by Crippen LogP contribution is -2.39. The van der Waals surface area contributed by atoms with Crippen molar-refractivity contribution in [3.63, 3.8) is 0 Å². The first-order valence-corrected chi connectivity index (χ1v) is 7.32. The van der Waals surface area contributed by atoms with Gasteiger partial charge in [0, 0.05) is 24.3 Å². The third-order valence-corrected chi connectivity index (χ3v) is 4.74. The monoisotopic (exact) mass is 262 g/mol. The lowest BCUT2D eigenvalue weighted by Gasteiger charge is -2.40. The van der Waals surface area contributed by atoms with E-state index in [-0.39, 0.29) is 6.61 Å². The van der Waals surface area contributed by atoms with Crippen LogP contribution in [0.15, 0.2) is 6.07 Å². The molecule has 106 valence electrons. The van der Waals surface area contributed by atoms with Crippen LogP contribution in [0.1, 0.15) is 49.9 Å². The summed E-state index contributed by atoms with van der Waals surface area (Å²) in [6.45, 7) is 10.9. The Hall–Kier alpha value is -1.09. The van der Waals surface area contributed by atoms with Crippen LogP contribution in [0.2, 0.25) is 0 Å². The third-order valence-electron chi connectivity index (χ3n) is 4.74. The summed E-state index contributed by atoms with van der Waals surface area (Å²) >= 11 is 0. The van der Waals surface area contributed by atoms with Crippen molar-refractivity contribution in [1.82, 2.24) is 4.98 Å². The molecule has 1 N–H and O–H groups in total. The lowest BCUT2D eigenvalue weighted by molar-refractivity contribution is 0.236. The molecule has 0 unspecified atom stereocenters. The van der Waals surface area contributed by atoms with Crippen LogP contribution < -0.4 is 4.90 Å². The van der Waals surface area contributed by atoms with Crippen LogP contribution in [-0.4, -0.2) is 23.2 Å². The van der Waals surface area contributed by atoms with Crippen LogP contribution in [0, 0.1) is 19.3 Å². The molecule has 0 bridgehead atoms. The molecule has 1 aromatic rings. The van der Waals surface area contributed by atoms with Crippen LogP contribution in [0.5, 0.6) is 0 Å². The molecule has 0 atom stereocenters. The number of anilines is 1. The van der Waals surface area contributed by atoms with Gasteiger partial charge in [-0.2, -0.15) is 0 Å². The summed E-state index contributed by atoms with van der Waals surface area (Å²) in [6.07, 6.45) is 3.67. The van der Waals surface area contributed by atoms with E-state index in [9.17, 15) is 5.11 Å². The van der Waals surface area contributed by atoms with Crippen molar-refractivity contribution in [2.45, 2.75) is 53.6 Å². The van der Waals surface area contributed by atoms with Gasteiger partial charge in [0.15, 0.2) is 0 Å². The van der Waals surface area contributed by atoms with E-state index in [1.807, 2.05) is 6.92 Å². The Balaban J connectivity index is 2.24. The molecule has 0 saturated carbocycles. The van der Waals surface area contributed by atoms with Gasteiger partial charge in [-0.1, -0.05) is 20.3 Å². The van der Waals surface area contributed by atoms with Gasteiger partial charge in [0.1, 0.15) is 5.82 Å². The van der Waals surface area contributed by atoms with E-state index in [0.717, 1.165) is 35.7 Å². The highest BCUT2D eigenvalue weighted by Gasteiger charge is 2.29. The molecule has 0 spiro atoms. The molecular weight excluding hydrogens is 236 g/mol. The standard InChI is InChI=1S/C16H26N2O/c1-5-16(4)6-8-18(9-7-16)15-14(11-19)12(2)10-13(3)17-15/h10,19H,5-9,11H2,1-4H3. The van der Waals surface area contributed by atoms with E-state index in [0.29, 0.717) is 5.41 Å². The second kappa shape index (κ2) is 5.49. The third kappa shape index (κ3) is 2.92. The molecule has 0 amide bonds. The predicted octanol–water partition coefficient (Wildman–Crippen LogP) is 3.21. The van der Waals surface area contributed by atoms with E-state index in [1.165, 1.54) is 19.3 Å². The number of rotatable bonds is 3. The minimum Gasteiger partial charge on any atom is -0.392 e. The van der Waals surface area contributed by atoms with Gasteiger partial charge in [0.25, 0.3) is 0 Å². The number of aromatic nitrogens is 1. The maximum Gasteiger partial charge on any atom is 0.134 e. The smallest absolute Gasteiger partial charge is 0.134 e. The number of piperidine rings is 1. The van der Waals surface area contributed by atoms with Crippen molar-refractivity contribution in [1.29, 1.82) is 0 Å². The quantitative estimate of drug-likeness (QED) is 0.908. The Morgan fingerprint density at radius 3 is 2.47 bits per heavy atom. The summed E-state index contributed by atoms with van der Waals surface area (Å²) in [5, 5.41) is 9.60. The van der Waals surface area contributed by atoms with Crippen LogP contribution in [0.25, 0.3) is 0 Å². The van der Waals surface area contributed by atoms with Gasteiger partial charge in [-0.25, -0.2) is 4.98 Å². The largest absolute Gasteiger partial charge is 0.392 e. The molecule has 0 aliphatic carbocycles. The van der Waals surface area contributed by atoms with Crippen molar-refractivity contribution < 1.29 is 5.11 Å². The molecule has 1 saturated heterocycles. The van der Waals surface area contributed by atoms with Crippen molar-refractivity contribution in [3.05, 3.63) is 22.9 Å². The average molecular weight is 262 g/mol. The second-order valence-corrected chi connectivity index (χ2v) is 6.19. The van der Waals surface area contributed by atoms with Crippen molar-refractivity contribution in [2.75, 3.05) is 18.0 Å². The second-order valence-electron chi connectivity index (χ2n) is 6.19. The molecule has 1 aliphatic heterocycles. The zero-order valence-corrected chi connectivity index (χ0v) is 12.7. The number of aryl methyl sites for hydroxylation is 2. The molecule has 1 aliphatic rings. The summed E-state index contributed by atoms with van der Waals surface area (Å²) in [4.78, 5) is 7.02. The first kappa shape index (κ1) is 14.3. The summed E-state index contributed by atoms with van der Waals surface area (Å²) in [5.41, 5.74) is 3.66. The number of nitrogens with zero attached hydrogens (tertiary/aromatic N) is 2. The number of aliphatic hydroxyl groups excluding tert-OH is 1. The number of aliphatic hydroxyl groups is 1. The van der Waals surface area contributed by atoms with Gasteiger partial charge >= 0.3 is 0 Å². The molecular formula is C16H26N2O. The van der Waals surface area contributed by atoms with Gasteiger partial charge in [0.2, 0.25) is 0 Å². The van der Waals surface area contributed by atoms with Gasteiger partial charge in [0.05, 0.1) is 6.61 Å². The average Bonchev–Trinajstić information content (AvgIpc) is 2.39. The van der Waals surface area contributed by atoms with Crippen LogP contribution in [-0.2, 0) is 6.61 Å². The predicted molar refractivity (Wildman–Crippen MR) is 79.5 cm³/mol. The lowest BCUT2D eigenvalue weighted by atomic mass is 9.78. The number of hydrogen-bond donors (Lipinski definition) is 1. The van der Waals surface area contributed by atoms with Crippen LogP contribution >= 0.6 is 0 Å². The fourth-order valence-corrected chi connectivity index (χ4v) is 2.91. The summed E-state index contributed by atoms with van der Waals surface area (Å²) in [7, 11) is 0. The van der Waals surface area contributed by atoms with Crippen molar-refractivity contribution in [2.24, 2.45) is 5.41 Å². The normalized spacial score (nSPS) is 18.7. The SMILES string of the molecule is CCC1(C)CCN(c2nc(C)cc(C)c2CO)CC1. The van der Waals surface area contributed by atoms with Crippen LogP contribution in [0.4, 0.5) is 5.82 Å². The zero-order valence-electron chi connectivity index (χ0n) is 12.7. The minimum atomic E-state index is 0.0794. The Labute approximate surface area is 116 Å². The Kier molecular flexibility index (Phi) is 4.14. The first-order chi connectivity index (χ1) is 8.99. The Morgan fingerprint density at radius 1 is 1.32 bits per heavy atom. The van der Waals surface area contributed by atoms with Gasteiger partial charge in [-0.05, 0) is 43.7 Å². The fraction of sp³-hybridized carbons (Fsp3) is 0.688. The van der Waals surface area contributed by atoms with Crippen molar-refractivity contribution in [3.8, 4) is 0 Å². The van der Waals surface area contributed by atoms with Gasteiger partial charge in [-0.15, -0.1) is 0 Å².